The molecule has 0 aromatic heterocycles. The molecule has 4 heteroatoms. The van der Waals surface area contributed by atoms with Crippen LogP contribution in [0.3, 0.4) is 0 Å². The molecule has 0 spiro atoms. The molecule has 0 saturated heterocycles. The summed E-state index contributed by atoms with van der Waals surface area (Å²) >= 11 is 0. The third-order valence-corrected chi connectivity index (χ3v) is 4.85. The molecule has 0 amide bonds. The normalized spacial score (nSPS) is 33.7. The van der Waals surface area contributed by atoms with E-state index >= 15 is 0 Å². The lowest BCUT2D eigenvalue weighted by Crippen LogP contribution is -2.63. The van der Waals surface area contributed by atoms with Crippen LogP contribution >= 0.6 is 0 Å². The molecule has 1 heterocycles. The molecule has 0 aromatic carbocycles. The summed E-state index contributed by atoms with van der Waals surface area (Å²) < 4.78 is 5.89. The van der Waals surface area contributed by atoms with Crippen LogP contribution in [-0.2, 0) is 4.74 Å². The zero-order valence-electron chi connectivity index (χ0n) is 12.6. The molecule has 1 saturated carbocycles. The highest BCUT2D eigenvalue weighted by molar-refractivity contribution is 5.16. The van der Waals surface area contributed by atoms with Gasteiger partial charge in [-0.15, -0.1) is 0 Å². The first-order valence-corrected chi connectivity index (χ1v) is 7.56. The van der Waals surface area contributed by atoms with Crippen molar-refractivity contribution in [2.24, 2.45) is 11.8 Å². The van der Waals surface area contributed by atoms with Gasteiger partial charge in [0.1, 0.15) is 5.76 Å². The number of ether oxygens (including phenoxy) is 1. The number of nitrogens with one attached hydrogen (secondary N) is 1. The molecule has 1 aliphatic carbocycles. The fourth-order valence-corrected chi connectivity index (χ4v) is 3.77. The lowest BCUT2D eigenvalue weighted by Gasteiger charge is -2.50. The Balaban J connectivity index is 2.27. The van der Waals surface area contributed by atoms with Crippen molar-refractivity contribution in [1.29, 1.82) is 0 Å². The van der Waals surface area contributed by atoms with Gasteiger partial charge in [0.15, 0.2) is 0 Å². The average Bonchev–Trinajstić information content (AvgIpc) is 2.40. The number of rotatable bonds is 4. The van der Waals surface area contributed by atoms with E-state index in [1.165, 1.54) is 25.7 Å². The fraction of sp³-hybridized carbons (Fsp3) is 0.867. The Kier molecular flexibility index (Phi) is 4.87. The van der Waals surface area contributed by atoms with Crippen LogP contribution in [0.1, 0.15) is 45.4 Å². The zero-order chi connectivity index (χ0) is 13.9. The highest BCUT2D eigenvalue weighted by Crippen LogP contribution is 2.40. The van der Waals surface area contributed by atoms with Crippen LogP contribution in [0.2, 0.25) is 0 Å². The third-order valence-electron chi connectivity index (χ3n) is 4.85. The van der Waals surface area contributed by atoms with Gasteiger partial charge >= 0.3 is 0 Å². The molecule has 110 valence electrons. The van der Waals surface area contributed by atoms with E-state index in [9.17, 15) is 0 Å². The number of nitrogens with zero attached hydrogens (tertiary/aromatic N) is 1. The molecular formula is C15H29N3O. The summed E-state index contributed by atoms with van der Waals surface area (Å²) in [5.41, 5.74) is 3.13. The molecule has 0 radical (unpaired) electrons. The predicted octanol–water partition coefficient (Wildman–Crippen LogP) is 2.02. The second-order valence-corrected chi connectivity index (χ2v) is 6.40. The molecule has 0 aromatic rings. The number of nitrogens with two attached hydrogens (primary N) is 1. The average molecular weight is 267 g/mol. The largest absolute Gasteiger partial charge is 0.496 e. The highest BCUT2D eigenvalue weighted by atomic mass is 16.5. The molecule has 2 rings (SSSR count). The summed E-state index contributed by atoms with van der Waals surface area (Å²) in [5, 5.41) is 0. The molecule has 1 aliphatic heterocycles. The highest BCUT2D eigenvalue weighted by Gasteiger charge is 2.45. The van der Waals surface area contributed by atoms with Gasteiger partial charge in [-0.1, -0.05) is 19.8 Å². The van der Waals surface area contributed by atoms with Crippen molar-refractivity contribution in [3.05, 3.63) is 11.8 Å². The van der Waals surface area contributed by atoms with Crippen molar-refractivity contribution < 1.29 is 4.74 Å². The van der Waals surface area contributed by atoms with Gasteiger partial charge in [0.25, 0.3) is 0 Å². The van der Waals surface area contributed by atoms with Crippen molar-refractivity contribution >= 4 is 0 Å². The van der Waals surface area contributed by atoms with Crippen LogP contribution in [0.4, 0.5) is 0 Å². The van der Waals surface area contributed by atoms with E-state index in [1.54, 1.807) is 0 Å². The molecule has 0 bridgehead atoms. The second kappa shape index (κ2) is 6.25. The summed E-state index contributed by atoms with van der Waals surface area (Å²) in [6, 6.07) is 0.102. The first-order valence-electron chi connectivity index (χ1n) is 7.56. The Hall–Kier alpha value is -0.580. The van der Waals surface area contributed by atoms with E-state index in [1.807, 2.05) is 0 Å². The first-order chi connectivity index (χ1) is 9.10. The van der Waals surface area contributed by atoms with Crippen molar-refractivity contribution in [2.75, 3.05) is 20.7 Å². The monoisotopic (exact) mass is 267 g/mol. The smallest absolute Gasteiger partial charge is 0.112 e. The SMILES string of the molecule is CC1CCCC(C(NN)C2=CCCCO2)(N(C)C)C1. The van der Waals surface area contributed by atoms with Gasteiger partial charge < -0.3 is 9.64 Å². The van der Waals surface area contributed by atoms with E-state index in [2.05, 4.69) is 37.4 Å². The van der Waals surface area contributed by atoms with Crippen LogP contribution in [0, 0.1) is 5.92 Å². The van der Waals surface area contributed by atoms with Crippen LogP contribution in [-0.4, -0.2) is 37.2 Å². The van der Waals surface area contributed by atoms with Crippen LogP contribution in [0.5, 0.6) is 0 Å². The van der Waals surface area contributed by atoms with Crippen molar-refractivity contribution in [3.8, 4) is 0 Å². The summed E-state index contributed by atoms with van der Waals surface area (Å²) in [5.74, 6) is 7.70. The van der Waals surface area contributed by atoms with E-state index in [4.69, 9.17) is 10.6 Å². The van der Waals surface area contributed by atoms with Crippen molar-refractivity contribution in [2.45, 2.75) is 57.0 Å². The van der Waals surface area contributed by atoms with Gasteiger partial charge in [0, 0.05) is 5.54 Å². The number of hydrogen-bond donors (Lipinski definition) is 2. The lowest BCUT2D eigenvalue weighted by molar-refractivity contribution is 0.0224. The van der Waals surface area contributed by atoms with E-state index in [0.717, 1.165) is 31.1 Å². The molecule has 3 atom stereocenters. The predicted molar refractivity (Wildman–Crippen MR) is 78.4 cm³/mol. The number of hydrazine groups is 1. The van der Waals surface area contributed by atoms with Gasteiger partial charge in [0.2, 0.25) is 0 Å². The topological polar surface area (TPSA) is 50.5 Å². The Morgan fingerprint density at radius 1 is 1.47 bits per heavy atom. The molecular weight excluding hydrogens is 238 g/mol. The summed E-state index contributed by atoms with van der Waals surface area (Å²) in [7, 11) is 4.34. The van der Waals surface area contributed by atoms with E-state index in [-0.39, 0.29) is 11.6 Å². The van der Waals surface area contributed by atoms with Crippen molar-refractivity contribution in [1.82, 2.24) is 10.3 Å². The molecule has 3 unspecified atom stereocenters. The van der Waals surface area contributed by atoms with Crippen LogP contribution < -0.4 is 11.3 Å². The van der Waals surface area contributed by atoms with Gasteiger partial charge in [-0.3, -0.25) is 5.84 Å². The maximum absolute atomic E-state index is 5.91. The van der Waals surface area contributed by atoms with Gasteiger partial charge in [-0.05, 0) is 51.8 Å². The quantitative estimate of drug-likeness (QED) is 0.604. The molecule has 3 N–H and O–H groups in total. The lowest BCUT2D eigenvalue weighted by atomic mass is 9.70. The Morgan fingerprint density at radius 3 is 2.79 bits per heavy atom. The zero-order valence-corrected chi connectivity index (χ0v) is 12.6. The van der Waals surface area contributed by atoms with E-state index in [0.29, 0.717) is 0 Å². The molecule has 1 fully saturated rings. The minimum absolute atomic E-state index is 0.0790. The minimum atomic E-state index is 0.0790. The van der Waals surface area contributed by atoms with Crippen LogP contribution in [0.15, 0.2) is 11.8 Å². The van der Waals surface area contributed by atoms with Gasteiger partial charge in [-0.25, -0.2) is 5.43 Å². The first kappa shape index (κ1) is 14.8. The number of allylic oxidation sites excluding steroid dienone is 1. The summed E-state index contributed by atoms with van der Waals surface area (Å²) in [6.07, 6.45) is 9.39. The Bertz CT molecular complexity index is 329. The van der Waals surface area contributed by atoms with Crippen molar-refractivity contribution in [3.63, 3.8) is 0 Å². The Labute approximate surface area is 117 Å². The summed E-state index contributed by atoms with van der Waals surface area (Å²) in [4.78, 5) is 2.35. The molecule has 2 aliphatic rings. The number of likely N-dealkylation sites (N-methyl/N-ethyl adjacent to an activating group) is 1. The molecule has 19 heavy (non-hydrogen) atoms. The van der Waals surface area contributed by atoms with Gasteiger partial charge in [-0.2, -0.15) is 0 Å². The fourth-order valence-electron chi connectivity index (χ4n) is 3.77. The second-order valence-electron chi connectivity index (χ2n) is 6.40. The van der Waals surface area contributed by atoms with Gasteiger partial charge in [0.05, 0.1) is 12.6 Å². The maximum Gasteiger partial charge on any atom is 0.112 e. The number of hydrogen-bond acceptors (Lipinski definition) is 4. The standard InChI is InChI=1S/C15H29N3O/c1-12-7-6-9-15(11-12,18(2)3)14(17-16)13-8-4-5-10-19-13/h8,12,14,17H,4-7,9-11,16H2,1-3H3. The Morgan fingerprint density at radius 2 is 2.26 bits per heavy atom. The minimum Gasteiger partial charge on any atom is -0.496 e. The third kappa shape index (κ3) is 2.96. The maximum atomic E-state index is 5.91. The van der Waals surface area contributed by atoms with Crippen LogP contribution in [0.25, 0.3) is 0 Å². The summed E-state index contributed by atoms with van der Waals surface area (Å²) in [6.45, 7) is 3.17. The molecule has 4 nitrogen and oxygen atoms in total. The van der Waals surface area contributed by atoms with E-state index < -0.39 is 0 Å².